The highest BCUT2D eigenvalue weighted by Gasteiger charge is 2.01. The van der Waals surface area contributed by atoms with E-state index in [9.17, 15) is 0 Å². The Balaban J connectivity index is 2.67. The molecule has 0 aliphatic carbocycles. The molecule has 0 fully saturated rings. The van der Waals surface area contributed by atoms with E-state index in [1.165, 1.54) is 3.57 Å². The molecule has 0 aliphatic heterocycles. The Hall–Kier alpha value is -0.340. The van der Waals surface area contributed by atoms with Crippen molar-refractivity contribution < 1.29 is 0 Å². The summed E-state index contributed by atoms with van der Waals surface area (Å²) in [5, 5.41) is 3.14. The second kappa shape index (κ2) is 7.88. The first-order valence-electron chi connectivity index (χ1n) is 5.40. The Morgan fingerprint density at radius 2 is 2.29 bits per heavy atom. The zero-order chi connectivity index (χ0) is 12.7. The Bertz CT molecular complexity index is 395. The molecule has 0 radical (unpaired) electrons. The monoisotopic (exact) mass is 410 g/mol. The van der Waals surface area contributed by atoms with Gasteiger partial charge >= 0.3 is 0 Å². The largest absolute Gasteiger partial charge is 0.325 e. The van der Waals surface area contributed by atoms with Crippen LogP contribution in [0, 0.1) is 3.57 Å². The second-order valence-corrected chi connectivity index (χ2v) is 5.50. The summed E-state index contributed by atoms with van der Waals surface area (Å²) in [4.78, 5) is 4.33. The van der Waals surface area contributed by atoms with E-state index >= 15 is 0 Å². The molecule has 1 aromatic rings. The van der Waals surface area contributed by atoms with E-state index in [0.717, 1.165) is 29.5 Å². The van der Waals surface area contributed by atoms with Crippen LogP contribution in [0.3, 0.4) is 0 Å². The molecule has 1 aromatic carbocycles. The fraction of sp³-hybridized carbons (Fsp3) is 0.364. The van der Waals surface area contributed by atoms with Crippen molar-refractivity contribution in [2.75, 3.05) is 11.9 Å². The highest BCUT2D eigenvalue weighted by molar-refractivity contribution is 14.1. The van der Waals surface area contributed by atoms with Crippen LogP contribution in [-0.4, -0.2) is 12.5 Å². The third kappa shape index (κ3) is 5.22. The standard InChI is InChI=1S/C11H16BrIN4/c1-2-3-6-15-11(17-14)16-8-4-5-10(13)9(12)7-8/h4-5,7H,2-3,6,14H2,1H3,(H2,15,16,17). The molecule has 0 amide bonds. The van der Waals surface area contributed by atoms with Gasteiger partial charge in [-0.1, -0.05) is 13.3 Å². The molecule has 0 saturated carbocycles. The van der Waals surface area contributed by atoms with Crippen molar-refractivity contribution in [2.24, 2.45) is 10.8 Å². The maximum Gasteiger partial charge on any atom is 0.210 e. The summed E-state index contributed by atoms with van der Waals surface area (Å²) >= 11 is 5.75. The van der Waals surface area contributed by atoms with Gasteiger partial charge in [0.25, 0.3) is 0 Å². The summed E-state index contributed by atoms with van der Waals surface area (Å²) in [5.74, 6) is 6.00. The lowest BCUT2D eigenvalue weighted by atomic mass is 10.3. The molecule has 0 spiro atoms. The van der Waals surface area contributed by atoms with Gasteiger partial charge in [0.1, 0.15) is 0 Å². The summed E-state index contributed by atoms with van der Waals surface area (Å²) in [6.45, 7) is 2.91. The third-order valence-corrected chi connectivity index (χ3v) is 4.44. The summed E-state index contributed by atoms with van der Waals surface area (Å²) in [6.07, 6.45) is 2.18. The number of rotatable bonds is 4. The second-order valence-electron chi connectivity index (χ2n) is 3.48. The number of halogens is 2. The van der Waals surface area contributed by atoms with E-state index < -0.39 is 0 Å². The minimum absolute atomic E-state index is 0.589. The quantitative estimate of drug-likeness (QED) is 0.178. The van der Waals surface area contributed by atoms with E-state index in [1.54, 1.807) is 0 Å². The molecule has 0 unspecified atom stereocenters. The highest BCUT2D eigenvalue weighted by atomic mass is 127. The Kier molecular flexibility index (Phi) is 6.83. The van der Waals surface area contributed by atoms with Gasteiger partial charge in [-0.2, -0.15) is 0 Å². The van der Waals surface area contributed by atoms with Crippen molar-refractivity contribution in [1.82, 2.24) is 5.43 Å². The van der Waals surface area contributed by atoms with Gasteiger partial charge in [0.2, 0.25) is 5.96 Å². The van der Waals surface area contributed by atoms with Crippen LogP contribution in [-0.2, 0) is 0 Å². The van der Waals surface area contributed by atoms with Gasteiger partial charge in [-0.05, 0) is 63.1 Å². The maximum atomic E-state index is 5.41. The van der Waals surface area contributed by atoms with Gasteiger partial charge in [-0.15, -0.1) is 0 Å². The molecule has 0 saturated heterocycles. The third-order valence-electron chi connectivity index (χ3n) is 2.10. The lowest BCUT2D eigenvalue weighted by Gasteiger charge is -2.09. The van der Waals surface area contributed by atoms with E-state index in [4.69, 9.17) is 5.84 Å². The molecular weight excluding hydrogens is 395 g/mol. The molecule has 94 valence electrons. The first-order valence-corrected chi connectivity index (χ1v) is 7.27. The Morgan fingerprint density at radius 1 is 1.53 bits per heavy atom. The van der Waals surface area contributed by atoms with E-state index in [-0.39, 0.29) is 0 Å². The van der Waals surface area contributed by atoms with Crippen LogP contribution in [0.25, 0.3) is 0 Å². The SMILES string of the molecule is CCCCN=C(NN)Nc1ccc(I)c(Br)c1. The zero-order valence-electron chi connectivity index (χ0n) is 9.63. The van der Waals surface area contributed by atoms with Crippen LogP contribution in [0.5, 0.6) is 0 Å². The van der Waals surface area contributed by atoms with Gasteiger partial charge in [0, 0.05) is 20.3 Å². The average Bonchev–Trinajstić information content (AvgIpc) is 2.32. The van der Waals surface area contributed by atoms with Crippen molar-refractivity contribution >= 4 is 50.2 Å². The molecule has 17 heavy (non-hydrogen) atoms. The van der Waals surface area contributed by atoms with Gasteiger partial charge < -0.3 is 5.32 Å². The molecule has 1 rings (SSSR count). The highest BCUT2D eigenvalue weighted by Crippen LogP contribution is 2.22. The molecule has 4 nitrogen and oxygen atoms in total. The fourth-order valence-electron chi connectivity index (χ4n) is 1.18. The molecule has 6 heteroatoms. The van der Waals surface area contributed by atoms with Crippen molar-refractivity contribution in [1.29, 1.82) is 0 Å². The first-order chi connectivity index (χ1) is 8.17. The number of guanidine groups is 1. The van der Waals surface area contributed by atoms with Crippen molar-refractivity contribution in [3.05, 3.63) is 26.2 Å². The van der Waals surface area contributed by atoms with Crippen molar-refractivity contribution in [3.63, 3.8) is 0 Å². The molecule has 0 atom stereocenters. The molecular formula is C11H16BrIN4. The molecule has 0 bridgehead atoms. The van der Waals surface area contributed by atoms with Gasteiger partial charge in [0.15, 0.2) is 0 Å². The number of nitrogens with one attached hydrogen (secondary N) is 2. The summed E-state index contributed by atoms with van der Waals surface area (Å²) < 4.78 is 2.21. The zero-order valence-corrected chi connectivity index (χ0v) is 13.4. The Labute approximate surface area is 124 Å². The van der Waals surface area contributed by atoms with E-state index in [2.05, 4.69) is 61.2 Å². The maximum absolute atomic E-state index is 5.41. The van der Waals surface area contributed by atoms with E-state index in [1.807, 2.05) is 18.2 Å². The molecule has 4 N–H and O–H groups in total. The molecule has 0 aliphatic rings. The number of nitrogens with two attached hydrogens (primary N) is 1. The fourth-order valence-corrected chi connectivity index (χ4v) is 1.90. The predicted octanol–water partition coefficient (Wildman–Crippen LogP) is 3.08. The van der Waals surface area contributed by atoms with Crippen LogP contribution in [0.4, 0.5) is 5.69 Å². The summed E-state index contributed by atoms with van der Waals surface area (Å²) in [7, 11) is 0. The molecule has 0 aromatic heterocycles. The van der Waals surface area contributed by atoms with E-state index in [0.29, 0.717) is 5.96 Å². The number of hydrazine groups is 1. The average molecular weight is 411 g/mol. The number of aliphatic imine (C=N–C) groups is 1. The van der Waals surface area contributed by atoms with Crippen LogP contribution >= 0.6 is 38.5 Å². The van der Waals surface area contributed by atoms with Gasteiger partial charge in [-0.25, -0.2) is 5.84 Å². The number of unbranched alkanes of at least 4 members (excludes halogenated alkanes) is 1. The number of hydrogen-bond donors (Lipinski definition) is 3. The normalized spacial score (nSPS) is 11.4. The first kappa shape index (κ1) is 14.7. The van der Waals surface area contributed by atoms with Crippen molar-refractivity contribution in [2.45, 2.75) is 19.8 Å². The molecule has 0 heterocycles. The summed E-state index contributed by atoms with van der Waals surface area (Å²) in [5.41, 5.74) is 3.51. The smallest absolute Gasteiger partial charge is 0.210 e. The van der Waals surface area contributed by atoms with Gasteiger partial charge in [-0.3, -0.25) is 10.4 Å². The lowest BCUT2D eigenvalue weighted by molar-refractivity contribution is 0.801. The number of hydrogen-bond acceptors (Lipinski definition) is 2. The van der Waals surface area contributed by atoms with Gasteiger partial charge in [0.05, 0.1) is 0 Å². The topological polar surface area (TPSA) is 62.4 Å². The van der Waals surface area contributed by atoms with Crippen LogP contribution in [0.1, 0.15) is 19.8 Å². The van der Waals surface area contributed by atoms with Crippen molar-refractivity contribution in [3.8, 4) is 0 Å². The number of anilines is 1. The minimum atomic E-state index is 0.589. The predicted molar refractivity (Wildman–Crippen MR) is 85.0 cm³/mol. The van der Waals surface area contributed by atoms with Crippen LogP contribution in [0.2, 0.25) is 0 Å². The summed E-state index contributed by atoms with van der Waals surface area (Å²) in [6, 6.07) is 6.00. The van der Waals surface area contributed by atoms with Crippen LogP contribution < -0.4 is 16.6 Å². The Morgan fingerprint density at radius 3 is 2.88 bits per heavy atom. The number of benzene rings is 1. The minimum Gasteiger partial charge on any atom is -0.325 e. The number of nitrogens with zero attached hydrogens (tertiary/aromatic N) is 1. The van der Waals surface area contributed by atoms with Crippen LogP contribution in [0.15, 0.2) is 27.7 Å². The lowest BCUT2D eigenvalue weighted by Crippen LogP contribution is -2.36.